The number of aliphatic hydroxyl groups is 1. The number of carbonyl (C=O) groups excluding carboxylic acids is 2. The first-order valence-electron chi connectivity index (χ1n) is 31.7. The van der Waals surface area contributed by atoms with Gasteiger partial charge in [-0.3, -0.25) is 9.59 Å². The van der Waals surface area contributed by atoms with Gasteiger partial charge in [0.15, 0.2) is 6.10 Å². The van der Waals surface area contributed by atoms with Crippen molar-refractivity contribution in [1.82, 2.24) is 0 Å². The van der Waals surface area contributed by atoms with Crippen LogP contribution in [0.15, 0.2) is 134 Å². The maximum absolute atomic E-state index is 12.3. The van der Waals surface area contributed by atoms with E-state index in [1.165, 1.54) is 154 Å². The maximum atomic E-state index is 12.3. The van der Waals surface area contributed by atoms with E-state index in [1.807, 2.05) is 0 Å². The van der Waals surface area contributed by atoms with E-state index in [4.69, 9.17) is 9.47 Å². The first kappa shape index (κ1) is 72.0. The number of hydrogen-bond donors (Lipinski definition) is 1. The van der Waals surface area contributed by atoms with Crippen LogP contribution in [0.2, 0.25) is 0 Å². The summed E-state index contributed by atoms with van der Waals surface area (Å²) in [6, 6.07) is 0. The first-order valence-corrected chi connectivity index (χ1v) is 31.7. The highest BCUT2D eigenvalue weighted by atomic mass is 16.6. The summed E-state index contributed by atoms with van der Waals surface area (Å²) in [5.41, 5.74) is 0. The zero-order chi connectivity index (χ0) is 54.8. The van der Waals surface area contributed by atoms with Crippen LogP contribution in [0.5, 0.6) is 0 Å². The quantitative estimate of drug-likeness (QED) is 0.0373. The van der Waals surface area contributed by atoms with Crippen LogP contribution in [-0.4, -0.2) is 36.4 Å². The molecule has 5 heteroatoms. The summed E-state index contributed by atoms with van der Waals surface area (Å²) in [6.07, 6.45) is 97.2. The average Bonchev–Trinajstić information content (AvgIpc) is 3.42. The van der Waals surface area contributed by atoms with Crippen LogP contribution in [0, 0.1) is 0 Å². The lowest BCUT2D eigenvalue weighted by Gasteiger charge is -2.15. The van der Waals surface area contributed by atoms with Gasteiger partial charge in [0.25, 0.3) is 0 Å². The van der Waals surface area contributed by atoms with Crippen molar-refractivity contribution in [2.45, 2.75) is 290 Å². The maximum Gasteiger partial charge on any atom is 0.306 e. The minimum atomic E-state index is -0.783. The molecule has 0 aromatic heterocycles. The second-order valence-corrected chi connectivity index (χ2v) is 20.8. The molecule has 1 N–H and O–H groups in total. The molecule has 0 rings (SSSR count). The molecular formula is C71H118O5. The Balaban J connectivity index is 3.55. The SMILES string of the molecule is CC/C=C\C/C=C\C/C=C\C/C=C\C/C=C\C/C=C\C/C=C\C/C=C\C/C=C\CCCCCCCCCCCCCC(=O)OC(CO)COC(=O)CCCCCCCCCCCCC/C=C\C/C=C\CCCCCCC. The molecule has 0 fully saturated rings. The molecule has 0 aliphatic rings. The standard InChI is InChI=1S/C71H118O5/c1-3-5-7-9-11-13-15-17-19-21-23-25-27-28-29-30-31-32-33-34-35-36-37-38-39-40-41-42-44-46-48-50-52-54-56-58-60-62-64-66-71(74)76-69(67-72)68-75-70(73)65-63-61-59-57-55-53-51-49-47-45-43-26-24-22-20-18-16-14-12-10-8-6-4-2/h5,7,11,13,16-19,22-25,28-29,31-32,34-35,37-38,40-41,69,72H,3-4,6,8-10,12,14-15,20-21,26-27,30,33,36,39,42-68H2,1-2H3/b7-5-,13-11-,18-16-,19-17-,24-22-,25-23-,29-28-,32-31-,35-34-,38-37-,41-40-. The zero-order valence-corrected chi connectivity index (χ0v) is 49.5. The summed E-state index contributed by atoms with van der Waals surface area (Å²) in [7, 11) is 0. The van der Waals surface area contributed by atoms with Gasteiger partial charge in [0.1, 0.15) is 6.61 Å². The zero-order valence-electron chi connectivity index (χ0n) is 49.5. The van der Waals surface area contributed by atoms with E-state index in [-0.39, 0.29) is 25.2 Å². The molecule has 0 spiro atoms. The van der Waals surface area contributed by atoms with Gasteiger partial charge < -0.3 is 14.6 Å². The fourth-order valence-electron chi connectivity index (χ4n) is 8.70. The molecule has 0 saturated heterocycles. The number of unbranched alkanes of at least 4 members (excludes halogenated alkanes) is 27. The molecule has 0 aromatic carbocycles. The fraction of sp³-hybridized carbons (Fsp3) is 0.662. The first-order chi connectivity index (χ1) is 37.6. The molecule has 5 nitrogen and oxygen atoms in total. The Morgan fingerprint density at radius 2 is 0.566 bits per heavy atom. The summed E-state index contributed by atoms with van der Waals surface area (Å²) in [4.78, 5) is 24.6. The molecule has 0 amide bonds. The van der Waals surface area contributed by atoms with E-state index in [0.717, 1.165) is 103 Å². The number of ether oxygens (including phenoxy) is 2. The van der Waals surface area contributed by atoms with Gasteiger partial charge >= 0.3 is 11.9 Å². The van der Waals surface area contributed by atoms with Crippen LogP contribution in [0.4, 0.5) is 0 Å². The second-order valence-electron chi connectivity index (χ2n) is 20.8. The van der Waals surface area contributed by atoms with Gasteiger partial charge in [0.2, 0.25) is 0 Å². The number of aliphatic hydroxyl groups excluding tert-OH is 1. The summed E-state index contributed by atoms with van der Waals surface area (Å²) in [5.74, 6) is -0.596. The Bertz CT molecular complexity index is 1570. The Morgan fingerprint density at radius 1 is 0.316 bits per heavy atom. The molecule has 76 heavy (non-hydrogen) atoms. The summed E-state index contributed by atoms with van der Waals surface area (Å²) in [6.45, 7) is 4.03. The normalized spacial score (nSPS) is 13.1. The van der Waals surface area contributed by atoms with Crippen LogP contribution >= 0.6 is 0 Å². The Kier molecular flexibility index (Phi) is 61.9. The molecule has 0 heterocycles. The molecule has 0 saturated carbocycles. The van der Waals surface area contributed by atoms with Gasteiger partial charge in [0.05, 0.1) is 6.61 Å². The molecule has 1 atom stereocenters. The highest BCUT2D eigenvalue weighted by Crippen LogP contribution is 2.16. The van der Waals surface area contributed by atoms with Crippen LogP contribution in [0.3, 0.4) is 0 Å². The Labute approximate surface area is 470 Å². The number of esters is 2. The Hall–Kier alpha value is -3.96. The smallest absolute Gasteiger partial charge is 0.306 e. The lowest BCUT2D eigenvalue weighted by molar-refractivity contribution is -0.161. The molecule has 0 aromatic rings. The summed E-state index contributed by atoms with van der Waals surface area (Å²) in [5, 5.41) is 9.68. The molecule has 1 unspecified atom stereocenters. The molecule has 0 radical (unpaired) electrons. The van der Waals surface area contributed by atoms with Crippen LogP contribution in [0.1, 0.15) is 284 Å². The van der Waals surface area contributed by atoms with E-state index in [9.17, 15) is 14.7 Å². The number of allylic oxidation sites excluding steroid dienone is 22. The predicted octanol–water partition coefficient (Wildman–Crippen LogP) is 22.0. The largest absolute Gasteiger partial charge is 0.462 e. The van der Waals surface area contributed by atoms with Gasteiger partial charge in [0, 0.05) is 12.8 Å². The number of hydrogen-bond acceptors (Lipinski definition) is 5. The minimum absolute atomic E-state index is 0.0730. The van der Waals surface area contributed by atoms with Gasteiger partial charge in [-0.1, -0.05) is 289 Å². The fourth-order valence-corrected chi connectivity index (χ4v) is 8.70. The predicted molar refractivity (Wildman–Crippen MR) is 334 cm³/mol. The van der Waals surface area contributed by atoms with Gasteiger partial charge in [-0.2, -0.15) is 0 Å². The minimum Gasteiger partial charge on any atom is -0.462 e. The molecule has 0 aliphatic heterocycles. The average molecular weight is 1050 g/mol. The number of carbonyl (C=O) groups is 2. The van der Waals surface area contributed by atoms with E-state index >= 15 is 0 Å². The van der Waals surface area contributed by atoms with Crippen LogP contribution in [0.25, 0.3) is 0 Å². The highest BCUT2D eigenvalue weighted by Gasteiger charge is 2.16. The molecule has 0 aliphatic carbocycles. The lowest BCUT2D eigenvalue weighted by atomic mass is 10.0. The summed E-state index contributed by atoms with van der Waals surface area (Å²) < 4.78 is 10.7. The van der Waals surface area contributed by atoms with Crippen molar-refractivity contribution in [1.29, 1.82) is 0 Å². The van der Waals surface area contributed by atoms with Crippen molar-refractivity contribution in [2.75, 3.05) is 13.2 Å². The van der Waals surface area contributed by atoms with Crippen molar-refractivity contribution in [2.24, 2.45) is 0 Å². The molecule has 432 valence electrons. The van der Waals surface area contributed by atoms with Crippen molar-refractivity contribution in [3.05, 3.63) is 134 Å². The topological polar surface area (TPSA) is 72.8 Å². The van der Waals surface area contributed by atoms with Gasteiger partial charge in [-0.15, -0.1) is 0 Å². The second kappa shape index (κ2) is 65.3. The van der Waals surface area contributed by atoms with E-state index in [1.54, 1.807) is 0 Å². The third-order valence-electron chi connectivity index (χ3n) is 13.4. The Morgan fingerprint density at radius 3 is 0.855 bits per heavy atom. The molecule has 0 bridgehead atoms. The van der Waals surface area contributed by atoms with E-state index < -0.39 is 6.10 Å². The van der Waals surface area contributed by atoms with E-state index in [0.29, 0.717) is 12.8 Å². The van der Waals surface area contributed by atoms with Crippen molar-refractivity contribution >= 4 is 11.9 Å². The molecular weight excluding hydrogens is 933 g/mol. The summed E-state index contributed by atoms with van der Waals surface area (Å²) >= 11 is 0. The van der Waals surface area contributed by atoms with Gasteiger partial charge in [-0.25, -0.2) is 0 Å². The van der Waals surface area contributed by atoms with Crippen LogP contribution < -0.4 is 0 Å². The third kappa shape index (κ3) is 62.6. The van der Waals surface area contributed by atoms with Crippen molar-refractivity contribution in [3.63, 3.8) is 0 Å². The number of rotatable bonds is 57. The van der Waals surface area contributed by atoms with E-state index in [2.05, 4.69) is 148 Å². The highest BCUT2D eigenvalue weighted by molar-refractivity contribution is 5.70. The lowest BCUT2D eigenvalue weighted by Crippen LogP contribution is -2.28. The van der Waals surface area contributed by atoms with Gasteiger partial charge in [-0.05, 0) is 116 Å². The van der Waals surface area contributed by atoms with Crippen molar-refractivity contribution in [3.8, 4) is 0 Å². The monoisotopic (exact) mass is 1050 g/mol. The van der Waals surface area contributed by atoms with Crippen LogP contribution in [-0.2, 0) is 19.1 Å². The third-order valence-corrected chi connectivity index (χ3v) is 13.4. The van der Waals surface area contributed by atoms with Crippen molar-refractivity contribution < 1.29 is 24.2 Å².